The number of rotatable bonds is 13. The Labute approximate surface area is 193 Å². The second kappa shape index (κ2) is 12.5. The number of unbranched alkanes of at least 4 members (excludes halogenated alkanes) is 2. The molecule has 0 fully saturated rings. The van der Waals surface area contributed by atoms with Gasteiger partial charge in [0.05, 0.1) is 19.3 Å². The minimum absolute atomic E-state index is 0.0146. The number of carbonyl (C=O) groups excluding carboxylic acids is 1. The van der Waals surface area contributed by atoms with Gasteiger partial charge in [0.25, 0.3) is 5.09 Å². The molecule has 1 N–H and O–H groups in total. The molecular weight excluding hydrogens is 426 g/mol. The number of allylic oxidation sites excluding steroid dienone is 1. The Morgan fingerprint density at radius 1 is 1.18 bits per heavy atom. The molecule has 0 aliphatic carbocycles. The molecule has 2 aromatic carbocycles. The molecule has 0 saturated heterocycles. The second-order valence-corrected chi connectivity index (χ2v) is 7.77. The average Bonchev–Trinajstić information content (AvgIpc) is 2.76. The number of benzene rings is 2. The van der Waals surface area contributed by atoms with Crippen molar-refractivity contribution in [2.24, 2.45) is 0 Å². The number of phenols is 1. The Balaban J connectivity index is 2.46. The van der Waals surface area contributed by atoms with Crippen molar-refractivity contribution in [2.75, 3.05) is 13.7 Å². The summed E-state index contributed by atoms with van der Waals surface area (Å²) in [6.07, 6.45) is 3.84. The molecule has 0 bridgehead atoms. The van der Waals surface area contributed by atoms with E-state index in [-0.39, 0.29) is 30.9 Å². The summed E-state index contributed by atoms with van der Waals surface area (Å²) in [6, 6.07) is 8.85. The van der Waals surface area contributed by atoms with Gasteiger partial charge in [-0.3, -0.25) is 4.79 Å². The number of esters is 1. The molecule has 0 spiro atoms. The van der Waals surface area contributed by atoms with Crippen molar-refractivity contribution in [3.05, 3.63) is 58.2 Å². The number of aryl methyl sites for hydroxylation is 1. The summed E-state index contributed by atoms with van der Waals surface area (Å²) in [6.45, 7) is 7.78. The summed E-state index contributed by atoms with van der Waals surface area (Å²) in [5, 5.41) is 20.4. The van der Waals surface area contributed by atoms with Crippen molar-refractivity contribution in [1.29, 1.82) is 0 Å². The molecule has 0 atom stereocenters. The van der Waals surface area contributed by atoms with Gasteiger partial charge in [0.15, 0.2) is 0 Å². The zero-order valence-corrected chi connectivity index (χ0v) is 19.4. The Kier molecular flexibility index (Phi) is 9.72. The molecular formula is C25H31NO7. The monoisotopic (exact) mass is 457 g/mol. The van der Waals surface area contributed by atoms with Crippen molar-refractivity contribution in [3.8, 4) is 28.4 Å². The predicted molar refractivity (Wildman–Crippen MR) is 126 cm³/mol. The molecule has 178 valence electrons. The highest BCUT2D eigenvalue weighted by Crippen LogP contribution is 2.43. The second-order valence-electron chi connectivity index (χ2n) is 7.77. The number of aromatic hydroxyl groups is 1. The van der Waals surface area contributed by atoms with E-state index in [9.17, 15) is 20.0 Å². The molecule has 0 aliphatic heterocycles. The first-order valence-corrected chi connectivity index (χ1v) is 10.9. The number of ether oxygens (including phenoxy) is 2. The molecule has 0 unspecified atom stereocenters. The number of hydrogen-bond donors (Lipinski definition) is 1. The maximum absolute atomic E-state index is 12.5. The fourth-order valence-electron chi connectivity index (χ4n) is 3.49. The van der Waals surface area contributed by atoms with Gasteiger partial charge < -0.3 is 19.4 Å². The van der Waals surface area contributed by atoms with Gasteiger partial charge in [-0.2, -0.15) is 0 Å². The van der Waals surface area contributed by atoms with Crippen molar-refractivity contribution in [3.63, 3.8) is 0 Å². The molecule has 0 radical (unpaired) electrons. The summed E-state index contributed by atoms with van der Waals surface area (Å²) in [4.78, 5) is 27.0. The van der Waals surface area contributed by atoms with Gasteiger partial charge in [-0.1, -0.05) is 38.0 Å². The van der Waals surface area contributed by atoms with Crippen LogP contribution in [0, 0.1) is 10.1 Å². The van der Waals surface area contributed by atoms with Gasteiger partial charge in [-0.25, -0.2) is 0 Å². The average molecular weight is 458 g/mol. The van der Waals surface area contributed by atoms with E-state index in [4.69, 9.17) is 9.47 Å². The van der Waals surface area contributed by atoms with Crippen LogP contribution >= 0.6 is 0 Å². The summed E-state index contributed by atoms with van der Waals surface area (Å²) in [7, 11) is 1.55. The highest BCUT2D eigenvalue weighted by molar-refractivity contribution is 5.88. The lowest BCUT2D eigenvalue weighted by molar-refractivity contribution is -0.757. The van der Waals surface area contributed by atoms with Crippen molar-refractivity contribution in [2.45, 2.75) is 52.4 Å². The van der Waals surface area contributed by atoms with Crippen LogP contribution in [0.2, 0.25) is 0 Å². The molecule has 8 nitrogen and oxygen atoms in total. The Hall–Kier alpha value is -3.55. The van der Waals surface area contributed by atoms with E-state index in [1.807, 2.05) is 13.0 Å². The van der Waals surface area contributed by atoms with Gasteiger partial charge in [0.2, 0.25) is 0 Å². The third-order valence-corrected chi connectivity index (χ3v) is 5.11. The Morgan fingerprint density at radius 3 is 2.58 bits per heavy atom. The maximum Gasteiger partial charge on any atom is 0.311 e. The van der Waals surface area contributed by atoms with Crippen LogP contribution in [0.25, 0.3) is 16.7 Å². The van der Waals surface area contributed by atoms with Crippen LogP contribution in [0.4, 0.5) is 0 Å². The number of phenolic OH excluding ortho intramolecular Hbond substituents is 1. The zero-order valence-electron chi connectivity index (χ0n) is 19.4. The quantitative estimate of drug-likeness (QED) is 0.135. The number of carbonyl (C=O) groups is 1. The summed E-state index contributed by atoms with van der Waals surface area (Å²) >= 11 is 0. The molecule has 8 heteroatoms. The topological polar surface area (TPSA) is 108 Å². The third-order valence-electron chi connectivity index (χ3n) is 5.11. The largest absolute Gasteiger partial charge is 0.507 e. The molecule has 0 amide bonds. The van der Waals surface area contributed by atoms with Crippen LogP contribution in [0.1, 0.15) is 57.1 Å². The van der Waals surface area contributed by atoms with Crippen LogP contribution in [0.5, 0.6) is 17.2 Å². The van der Waals surface area contributed by atoms with Gasteiger partial charge in [0.1, 0.15) is 17.2 Å². The predicted octanol–water partition coefficient (Wildman–Crippen LogP) is 5.73. The van der Waals surface area contributed by atoms with Crippen molar-refractivity contribution in [1.82, 2.24) is 0 Å². The molecule has 2 rings (SSSR count). The summed E-state index contributed by atoms with van der Waals surface area (Å²) in [5.41, 5.74) is 3.39. The Bertz CT molecular complexity index is 1000. The SMILES string of the molecule is C=C(C)c1ccc(OC)cc1-c1c(O)cc(CCCCC)cc1OC(=O)CCCO[N+](=O)[O-]. The first-order chi connectivity index (χ1) is 15.8. The summed E-state index contributed by atoms with van der Waals surface area (Å²) < 4.78 is 11.0. The van der Waals surface area contributed by atoms with Crippen molar-refractivity contribution >= 4 is 11.5 Å². The lowest BCUT2D eigenvalue weighted by Crippen LogP contribution is -2.11. The molecule has 0 aromatic heterocycles. The normalized spacial score (nSPS) is 10.5. The molecule has 33 heavy (non-hydrogen) atoms. The highest BCUT2D eigenvalue weighted by atomic mass is 16.9. The molecule has 0 aliphatic rings. The van der Waals surface area contributed by atoms with E-state index in [0.717, 1.165) is 42.4 Å². The Morgan fingerprint density at radius 2 is 1.94 bits per heavy atom. The number of nitrogens with zero attached hydrogens (tertiary/aromatic N) is 1. The molecule has 0 heterocycles. The van der Waals surface area contributed by atoms with Crippen LogP contribution in [-0.2, 0) is 16.1 Å². The first-order valence-electron chi connectivity index (χ1n) is 10.9. The van der Waals surface area contributed by atoms with E-state index in [0.29, 0.717) is 16.9 Å². The minimum Gasteiger partial charge on any atom is -0.507 e. The summed E-state index contributed by atoms with van der Waals surface area (Å²) in [5.74, 6) is 0.209. The van der Waals surface area contributed by atoms with Gasteiger partial charge in [-0.05, 0) is 61.6 Å². The minimum atomic E-state index is -0.900. The zero-order chi connectivity index (χ0) is 24.4. The van der Waals surface area contributed by atoms with E-state index in [1.165, 1.54) is 0 Å². The fraction of sp³-hybridized carbons (Fsp3) is 0.400. The van der Waals surface area contributed by atoms with Crippen LogP contribution in [0.15, 0.2) is 36.9 Å². The van der Waals surface area contributed by atoms with E-state index in [1.54, 1.807) is 31.4 Å². The van der Waals surface area contributed by atoms with Gasteiger partial charge in [0, 0.05) is 12.0 Å². The first kappa shape index (κ1) is 25.7. The fourth-order valence-corrected chi connectivity index (χ4v) is 3.49. The van der Waals surface area contributed by atoms with Crippen LogP contribution in [0.3, 0.4) is 0 Å². The van der Waals surface area contributed by atoms with E-state index < -0.39 is 11.1 Å². The van der Waals surface area contributed by atoms with Gasteiger partial charge >= 0.3 is 5.97 Å². The standard InChI is InChI=1S/C25H31NO7/c1-5-6-7-9-18-14-22(27)25(21-16-19(31-4)11-12-20(21)17(2)3)23(15-18)33-24(28)10-8-13-32-26(29)30/h11-12,14-16,27H,2,5-10,13H2,1,3-4H3. The highest BCUT2D eigenvalue weighted by Gasteiger charge is 2.20. The van der Waals surface area contributed by atoms with Crippen LogP contribution < -0.4 is 9.47 Å². The van der Waals surface area contributed by atoms with E-state index >= 15 is 0 Å². The maximum atomic E-state index is 12.5. The number of methoxy groups -OCH3 is 1. The smallest absolute Gasteiger partial charge is 0.311 e. The molecule has 2 aromatic rings. The number of hydrogen-bond acceptors (Lipinski definition) is 7. The van der Waals surface area contributed by atoms with Crippen molar-refractivity contribution < 1.29 is 29.3 Å². The third kappa shape index (κ3) is 7.52. The van der Waals surface area contributed by atoms with E-state index in [2.05, 4.69) is 18.3 Å². The van der Waals surface area contributed by atoms with Crippen LogP contribution in [-0.4, -0.2) is 29.9 Å². The molecule has 0 saturated carbocycles. The lowest BCUT2D eigenvalue weighted by Gasteiger charge is -2.18. The van der Waals surface area contributed by atoms with Gasteiger partial charge in [-0.15, -0.1) is 10.1 Å². The lowest BCUT2D eigenvalue weighted by atomic mass is 9.92.